The highest BCUT2D eigenvalue weighted by Crippen LogP contribution is 2.19. The number of hydrogen-bond donors (Lipinski definition) is 1. The predicted molar refractivity (Wildman–Crippen MR) is 127 cm³/mol. The molecule has 0 saturated heterocycles. The summed E-state index contributed by atoms with van der Waals surface area (Å²) >= 11 is 1.28. The number of carbonyl (C=O) groups excluding carboxylic acids is 2. The summed E-state index contributed by atoms with van der Waals surface area (Å²) in [5, 5.41) is 4.91. The molecule has 0 aliphatic heterocycles. The Morgan fingerprint density at radius 1 is 1.03 bits per heavy atom. The molecule has 3 aromatic heterocycles. The number of anilines is 1. The lowest BCUT2D eigenvalue weighted by atomic mass is 10.1. The summed E-state index contributed by atoms with van der Waals surface area (Å²) in [6.45, 7) is 3.06. The number of carbonyl (C=O) groups is 2. The van der Waals surface area contributed by atoms with Crippen LogP contribution in [0.2, 0.25) is 0 Å². The van der Waals surface area contributed by atoms with Crippen LogP contribution in [0.4, 0.5) is 5.13 Å². The van der Waals surface area contributed by atoms with Crippen molar-refractivity contribution in [3.63, 3.8) is 0 Å². The fourth-order valence-corrected chi connectivity index (χ4v) is 4.03. The molecule has 168 valence electrons. The van der Waals surface area contributed by atoms with Gasteiger partial charge >= 0.3 is 0 Å². The molecule has 33 heavy (non-hydrogen) atoms. The zero-order chi connectivity index (χ0) is 23.0. The minimum Gasteiger partial charge on any atom is -0.459 e. The maximum atomic E-state index is 13.2. The van der Waals surface area contributed by atoms with E-state index < -0.39 is 0 Å². The van der Waals surface area contributed by atoms with Crippen molar-refractivity contribution in [2.24, 2.45) is 0 Å². The van der Waals surface area contributed by atoms with Gasteiger partial charge in [-0.3, -0.25) is 19.9 Å². The number of nitrogens with zero attached hydrogens (tertiary/aromatic N) is 3. The van der Waals surface area contributed by atoms with E-state index in [0.29, 0.717) is 23.9 Å². The van der Waals surface area contributed by atoms with Gasteiger partial charge < -0.3 is 9.32 Å². The number of pyridine rings is 1. The van der Waals surface area contributed by atoms with E-state index in [1.165, 1.54) is 23.2 Å². The number of hydrogen-bond acceptors (Lipinski definition) is 6. The Kier molecular flexibility index (Phi) is 7.26. The molecule has 8 heteroatoms. The first-order chi connectivity index (χ1) is 16.1. The van der Waals surface area contributed by atoms with Gasteiger partial charge in [-0.25, -0.2) is 4.98 Å². The third kappa shape index (κ3) is 6.14. The van der Waals surface area contributed by atoms with Crippen LogP contribution in [0, 0.1) is 0 Å². The minimum atomic E-state index is -0.374. The fraction of sp³-hybridized carbons (Fsp3) is 0.200. The Morgan fingerprint density at radius 2 is 1.82 bits per heavy atom. The largest absolute Gasteiger partial charge is 0.459 e. The number of aromatic nitrogens is 2. The second kappa shape index (κ2) is 10.7. The van der Waals surface area contributed by atoms with Crippen molar-refractivity contribution in [3.8, 4) is 0 Å². The number of nitrogens with one attached hydrogen (secondary N) is 1. The molecule has 1 N–H and O–H groups in total. The molecule has 7 nitrogen and oxygen atoms in total. The first-order valence-electron chi connectivity index (χ1n) is 10.6. The zero-order valence-corrected chi connectivity index (χ0v) is 19.0. The van der Waals surface area contributed by atoms with Crippen LogP contribution in [0.5, 0.6) is 0 Å². The van der Waals surface area contributed by atoms with Crippen molar-refractivity contribution in [1.82, 2.24) is 14.9 Å². The number of thiazole rings is 1. The van der Waals surface area contributed by atoms with Crippen LogP contribution in [0.1, 0.15) is 39.9 Å². The standard InChI is InChI=1S/C25H24N4O3S/c1-2-18-7-9-19(10-8-18)15-29(16-20-5-3-11-26-14-20)23(30)13-21-17-33-25(27-21)28-24(31)22-6-4-12-32-22/h3-12,14,17H,2,13,15-16H2,1H3,(H,27,28,31). The second-order valence-electron chi connectivity index (χ2n) is 7.53. The molecule has 0 aliphatic rings. The molecule has 4 rings (SSSR count). The lowest BCUT2D eigenvalue weighted by molar-refractivity contribution is -0.131. The lowest BCUT2D eigenvalue weighted by Crippen LogP contribution is -2.31. The van der Waals surface area contributed by atoms with E-state index in [1.54, 1.807) is 34.8 Å². The number of furan rings is 1. The van der Waals surface area contributed by atoms with Crippen molar-refractivity contribution in [1.29, 1.82) is 0 Å². The molecule has 0 fully saturated rings. The molecule has 0 saturated carbocycles. The molecule has 0 bridgehead atoms. The first-order valence-corrected chi connectivity index (χ1v) is 11.5. The summed E-state index contributed by atoms with van der Waals surface area (Å²) in [5.41, 5.74) is 3.89. The summed E-state index contributed by atoms with van der Waals surface area (Å²) in [6.07, 6.45) is 6.04. The van der Waals surface area contributed by atoms with E-state index in [2.05, 4.69) is 46.5 Å². The molecule has 0 unspecified atom stereocenters. The molecule has 0 atom stereocenters. The van der Waals surface area contributed by atoms with Crippen LogP contribution in [0.15, 0.2) is 77.0 Å². The minimum absolute atomic E-state index is 0.0485. The van der Waals surface area contributed by atoms with Gasteiger partial charge in [-0.05, 0) is 41.3 Å². The predicted octanol–water partition coefficient (Wildman–Crippen LogP) is 4.72. The summed E-state index contributed by atoms with van der Waals surface area (Å²) in [7, 11) is 0. The normalized spacial score (nSPS) is 10.7. The Morgan fingerprint density at radius 3 is 2.52 bits per heavy atom. The van der Waals surface area contributed by atoms with Crippen LogP contribution in [0.3, 0.4) is 0 Å². The van der Waals surface area contributed by atoms with E-state index >= 15 is 0 Å². The molecule has 1 aromatic carbocycles. The van der Waals surface area contributed by atoms with Crippen LogP contribution >= 0.6 is 11.3 Å². The van der Waals surface area contributed by atoms with Crippen molar-refractivity contribution in [3.05, 3.63) is 101 Å². The maximum absolute atomic E-state index is 13.2. The monoisotopic (exact) mass is 460 g/mol. The zero-order valence-electron chi connectivity index (χ0n) is 18.2. The number of amides is 2. The van der Waals surface area contributed by atoms with Gasteiger partial charge in [0, 0.05) is 30.9 Å². The van der Waals surface area contributed by atoms with Crippen LogP contribution in [0.25, 0.3) is 0 Å². The Bertz CT molecular complexity index is 1190. The third-order valence-corrected chi connectivity index (χ3v) is 5.91. The number of aryl methyl sites for hydroxylation is 1. The van der Waals surface area contributed by atoms with E-state index in [9.17, 15) is 9.59 Å². The van der Waals surface area contributed by atoms with Crippen molar-refractivity contribution in [2.75, 3.05) is 5.32 Å². The first kappa shape index (κ1) is 22.4. The quantitative estimate of drug-likeness (QED) is 0.391. The summed E-state index contributed by atoms with van der Waals surface area (Å²) < 4.78 is 5.10. The van der Waals surface area contributed by atoms with Gasteiger partial charge in [-0.15, -0.1) is 11.3 Å². The number of benzene rings is 1. The number of rotatable bonds is 9. The molecule has 2 amide bonds. The van der Waals surface area contributed by atoms with Gasteiger partial charge in [-0.1, -0.05) is 37.3 Å². The highest BCUT2D eigenvalue weighted by molar-refractivity contribution is 7.14. The summed E-state index contributed by atoms with van der Waals surface area (Å²) in [4.78, 5) is 35.8. The average Bonchev–Trinajstić information content (AvgIpc) is 3.52. The summed E-state index contributed by atoms with van der Waals surface area (Å²) in [5.74, 6) is -0.215. The topological polar surface area (TPSA) is 88.3 Å². The van der Waals surface area contributed by atoms with Crippen molar-refractivity contribution >= 4 is 28.3 Å². The highest BCUT2D eigenvalue weighted by Gasteiger charge is 2.18. The van der Waals surface area contributed by atoms with E-state index in [4.69, 9.17) is 4.42 Å². The smallest absolute Gasteiger partial charge is 0.293 e. The van der Waals surface area contributed by atoms with Crippen LogP contribution in [-0.2, 0) is 30.7 Å². The summed E-state index contributed by atoms with van der Waals surface area (Å²) in [6, 6.07) is 15.4. The van der Waals surface area contributed by atoms with Gasteiger partial charge in [0.1, 0.15) is 0 Å². The molecule has 0 aliphatic carbocycles. The molecule has 0 spiro atoms. The van der Waals surface area contributed by atoms with Crippen molar-refractivity contribution < 1.29 is 14.0 Å². The van der Waals surface area contributed by atoms with Gasteiger partial charge in [0.25, 0.3) is 5.91 Å². The molecular weight excluding hydrogens is 436 g/mol. The fourth-order valence-electron chi connectivity index (χ4n) is 3.32. The van der Waals surface area contributed by atoms with E-state index in [-0.39, 0.29) is 24.0 Å². The lowest BCUT2D eigenvalue weighted by Gasteiger charge is -2.23. The van der Waals surface area contributed by atoms with Crippen LogP contribution < -0.4 is 5.32 Å². The average molecular weight is 461 g/mol. The SMILES string of the molecule is CCc1ccc(CN(Cc2cccnc2)C(=O)Cc2csc(NC(=O)c3ccco3)n2)cc1. The van der Waals surface area contributed by atoms with E-state index in [1.807, 2.05) is 12.1 Å². The van der Waals surface area contributed by atoms with Gasteiger partial charge in [0.2, 0.25) is 5.91 Å². The molecular formula is C25H24N4O3S. The highest BCUT2D eigenvalue weighted by atomic mass is 32.1. The van der Waals surface area contributed by atoms with Gasteiger partial charge in [0.15, 0.2) is 10.9 Å². The Balaban J connectivity index is 1.45. The van der Waals surface area contributed by atoms with Crippen molar-refractivity contribution in [2.45, 2.75) is 32.9 Å². The maximum Gasteiger partial charge on any atom is 0.293 e. The Labute approximate surface area is 196 Å². The van der Waals surface area contributed by atoms with Gasteiger partial charge in [-0.2, -0.15) is 0 Å². The molecule has 0 radical (unpaired) electrons. The molecule has 3 heterocycles. The Hall–Kier alpha value is -3.78. The van der Waals surface area contributed by atoms with E-state index in [0.717, 1.165) is 17.5 Å². The van der Waals surface area contributed by atoms with Gasteiger partial charge in [0.05, 0.1) is 18.4 Å². The van der Waals surface area contributed by atoms with Crippen LogP contribution in [-0.4, -0.2) is 26.7 Å². The molecule has 4 aromatic rings. The second-order valence-corrected chi connectivity index (χ2v) is 8.39. The third-order valence-electron chi connectivity index (χ3n) is 5.10.